The summed E-state index contributed by atoms with van der Waals surface area (Å²) in [5.41, 5.74) is -0.358. The summed E-state index contributed by atoms with van der Waals surface area (Å²) in [6.07, 6.45) is 9.84. The summed E-state index contributed by atoms with van der Waals surface area (Å²) in [6, 6.07) is 0. The van der Waals surface area contributed by atoms with E-state index in [0.717, 1.165) is 143 Å². The van der Waals surface area contributed by atoms with E-state index < -0.39 is 0 Å². The van der Waals surface area contributed by atoms with Crippen molar-refractivity contribution in [3.63, 3.8) is 0 Å². The molecule has 10 heterocycles. The zero-order valence-electron chi connectivity index (χ0n) is 37.8. The van der Waals surface area contributed by atoms with Crippen LogP contribution in [0, 0.1) is 16.2 Å². The molecule has 10 nitrogen and oxygen atoms in total. The van der Waals surface area contributed by atoms with Gasteiger partial charge in [0.25, 0.3) is 0 Å². The molecule has 0 saturated carbocycles. The van der Waals surface area contributed by atoms with Gasteiger partial charge in [-0.3, -0.25) is 0 Å². The molecule has 0 N–H and O–H groups in total. The SMILES string of the molecule is CCC1(CC)COc2c(SC)sc(-c3sc(-c4sc(-c5sc(-c6sc(SC)c7c6OCCO7)c6c5OCCO6)c5c4OCC(CC)(CC)CO5)c4c3OCC(CC)(CC)CO4)c2OC1. The van der Waals surface area contributed by atoms with Gasteiger partial charge in [0.2, 0.25) is 0 Å². The zero-order valence-corrected chi connectivity index (χ0v) is 43.5. The standard InChI is InChI=1S/C47H56O10S7/c1-9-45(10-2)19-52-27-28(53-20-45)38(61-37(27)35-25-26(49-16-15-48-25)36(60-35)41-31-33(43(58-7)63-41)51-18-17-50-31)39-29-30(55-22-46(11-3,12-4)21-54-29)40(62-39)42-32-34(44(59-8)64-42)57-24-47(13-5,14-6)23-56-32/h9-24H2,1-8H3. The lowest BCUT2D eigenvalue weighted by molar-refractivity contribution is 0.0936. The summed E-state index contributed by atoms with van der Waals surface area (Å²) >= 11 is 11.7. The number of thiophene rings is 5. The number of hydrogen-bond donors (Lipinski definition) is 0. The maximum Gasteiger partial charge on any atom is 0.186 e. The van der Waals surface area contributed by atoms with Gasteiger partial charge in [-0.25, -0.2) is 0 Å². The van der Waals surface area contributed by atoms with Crippen LogP contribution in [-0.2, 0) is 0 Å². The molecule has 5 aliphatic heterocycles. The summed E-state index contributed by atoms with van der Waals surface area (Å²) in [7, 11) is 0. The minimum absolute atomic E-state index is 0.0619. The molecule has 0 bridgehead atoms. The van der Waals surface area contributed by atoms with Gasteiger partial charge in [0.15, 0.2) is 57.5 Å². The Morgan fingerprint density at radius 3 is 0.797 bits per heavy atom. The third-order valence-electron chi connectivity index (χ3n) is 14.0. The van der Waals surface area contributed by atoms with Gasteiger partial charge in [0.1, 0.15) is 34.8 Å². The van der Waals surface area contributed by atoms with Crippen LogP contribution in [0.15, 0.2) is 8.42 Å². The van der Waals surface area contributed by atoms with Crippen LogP contribution in [0.3, 0.4) is 0 Å². The molecule has 0 fully saturated rings. The van der Waals surface area contributed by atoms with E-state index in [1.165, 1.54) is 0 Å². The number of ether oxygens (including phenoxy) is 10. The highest BCUT2D eigenvalue weighted by Gasteiger charge is 2.44. The first-order valence-corrected chi connectivity index (χ1v) is 29.0. The third-order valence-corrected chi connectivity index (χ3v) is 22.7. The number of rotatable bonds is 12. The van der Waals surface area contributed by atoms with Gasteiger partial charge in [0.05, 0.1) is 78.7 Å². The molecule has 10 rings (SSSR count). The van der Waals surface area contributed by atoms with Crippen LogP contribution in [0.4, 0.5) is 0 Å². The zero-order chi connectivity index (χ0) is 44.4. The molecule has 0 saturated heterocycles. The van der Waals surface area contributed by atoms with Crippen molar-refractivity contribution in [3.8, 4) is 96.5 Å². The molecule has 0 aromatic carbocycles. The minimum Gasteiger partial charge on any atom is -0.487 e. The Bertz CT molecular complexity index is 2510. The summed E-state index contributed by atoms with van der Waals surface area (Å²) in [5, 5.41) is 0. The highest BCUT2D eigenvalue weighted by molar-refractivity contribution is 8.00. The molecule has 5 aromatic heterocycles. The highest BCUT2D eigenvalue weighted by Crippen LogP contribution is 2.68. The molecule has 0 spiro atoms. The van der Waals surface area contributed by atoms with Crippen molar-refractivity contribution >= 4 is 80.2 Å². The normalized spacial score (nSPS) is 18.9. The van der Waals surface area contributed by atoms with Crippen LogP contribution in [0.2, 0.25) is 0 Å². The molecule has 346 valence electrons. The van der Waals surface area contributed by atoms with E-state index in [2.05, 4.69) is 54.1 Å². The van der Waals surface area contributed by atoms with Crippen LogP contribution < -0.4 is 47.4 Å². The smallest absolute Gasteiger partial charge is 0.186 e. The Balaban J connectivity index is 1.18. The number of hydrogen-bond acceptors (Lipinski definition) is 17. The Morgan fingerprint density at radius 2 is 0.516 bits per heavy atom. The fourth-order valence-corrected chi connectivity index (χ4v) is 16.5. The first kappa shape index (κ1) is 45.0. The van der Waals surface area contributed by atoms with Crippen LogP contribution in [0.25, 0.3) is 39.0 Å². The fraction of sp³-hybridized carbons (Fsp3) is 0.574. The average molecular weight is 1010 g/mol. The largest absolute Gasteiger partial charge is 0.487 e. The Kier molecular flexibility index (Phi) is 12.7. The molecule has 5 aliphatic rings. The highest BCUT2D eigenvalue weighted by atomic mass is 32.2. The van der Waals surface area contributed by atoms with Gasteiger partial charge in [-0.2, -0.15) is 0 Å². The van der Waals surface area contributed by atoms with Crippen molar-refractivity contribution in [3.05, 3.63) is 0 Å². The van der Waals surface area contributed by atoms with Crippen molar-refractivity contribution in [2.75, 3.05) is 78.6 Å². The summed E-state index contributed by atoms with van der Waals surface area (Å²) in [4.78, 5) is 7.72. The maximum atomic E-state index is 7.10. The second-order valence-corrected chi connectivity index (χ2v) is 24.4. The minimum atomic E-state index is -0.155. The lowest BCUT2D eigenvalue weighted by Gasteiger charge is -2.28. The van der Waals surface area contributed by atoms with Gasteiger partial charge < -0.3 is 47.4 Å². The van der Waals surface area contributed by atoms with Crippen LogP contribution in [0.1, 0.15) is 80.1 Å². The van der Waals surface area contributed by atoms with E-state index in [-0.39, 0.29) is 16.2 Å². The predicted octanol–water partition coefficient (Wildman–Crippen LogP) is 14.4. The van der Waals surface area contributed by atoms with Crippen molar-refractivity contribution in [2.24, 2.45) is 16.2 Å². The third kappa shape index (κ3) is 7.35. The van der Waals surface area contributed by atoms with Crippen molar-refractivity contribution < 1.29 is 47.4 Å². The average Bonchev–Trinajstić information content (AvgIpc) is 4.09. The van der Waals surface area contributed by atoms with E-state index in [9.17, 15) is 0 Å². The Labute approximate surface area is 404 Å². The Morgan fingerprint density at radius 1 is 0.312 bits per heavy atom. The van der Waals surface area contributed by atoms with E-state index >= 15 is 0 Å². The molecule has 0 amide bonds. The summed E-state index contributed by atoms with van der Waals surface area (Å²) < 4.78 is 69.7. The lowest BCUT2D eigenvalue weighted by atomic mass is 9.84. The van der Waals surface area contributed by atoms with Crippen LogP contribution in [-0.4, -0.2) is 78.6 Å². The molecule has 0 radical (unpaired) electrons. The van der Waals surface area contributed by atoms with Crippen molar-refractivity contribution in [1.29, 1.82) is 0 Å². The van der Waals surface area contributed by atoms with Gasteiger partial charge in [-0.15, -0.1) is 80.2 Å². The van der Waals surface area contributed by atoms with Gasteiger partial charge in [0, 0.05) is 16.2 Å². The molecule has 5 aromatic rings. The molecule has 17 heteroatoms. The molecular formula is C47H56O10S7. The quantitative estimate of drug-likeness (QED) is 0.111. The topological polar surface area (TPSA) is 92.3 Å². The number of thioether (sulfide) groups is 2. The van der Waals surface area contributed by atoms with E-state index in [1.54, 1.807) is 80.2 Å². The molecular weight excluding hydrogens is 949 g/mol. The second kappa shape index (κ2) is 18.0. The maximum absolute atomic E-state index is 7.10. The summed E-state index contributed by atoms with van der Waals surface area (Å²) in [6.45, 7) is 18.7. The first-order chi connectivity index (χ1) is 31.2. The van der Waals surface area contributed by atoms with Crippen molar-refractivity contribution in [2.45, 2.75) is 88.5 Å². The van der Waals surface area contributed by atoms with Gasteiger partial charge >= 0.3 is 0 Å². The second-order valence-electron chi connectivity index (χ2n) is 17.2. The van der Waals surface area contributed by atoms with E-state index in [4.69, 9.17) is 47.4 Å². The fourth-order valence-electron chi connectivity index (χ4n) is 8.75. The molecule has 0 aliphatic carbocycles. The lowest BCUT2D eigenvalue weighted by Crippen LogP contribution is -2.32. The monoisotopic (exact) mass is 1000 g/mol. The first-order valence-electron chi connectivity index (χ1n) is 22.4. The summed E-state index contributed by atoms with van der Waals surface area (Å²) in [5.74, 6) is 7.60. The van der Waals surface area contributed by atoms with Crippen molar-refractivity contribution in [1.82, 2.24) is 0 Å². The van der Waals surface area contributed by atoms with Gasteiger partial charge in [-0.1, -0.05) is 41.5 Å². The van der Waals surface area contributed by atoms with Crippen LogP contribution >= 0.6 is 80.2 Å². The Hall–Kier alpha value is -2.80. The predicted molar refractivity (Wildman–Crippen MR) is 265 cm³/mol. The molecule has 0 unspecified atom stereocenters. The molecule has 0 atom stereocenters. The van der Waals surface area contributed by atoms with E-state index in [0.29, 0.717) is 66.1 Å². The molecule has 64 heavy (non-hydrogen) atoms. The van der Waals surface area contributed by atoms with Crippen LogP contribution in [0.5, 0.6) is 57.5 Å². The number of fused-ring (bicyclic) bond motifs is 5. The van der Waals surface area contributed by atoms with Gasteiger partial charge in [-0.05, 0) is 51.0 Å². The van der Waals surface area contributed by atoms with E-state index in [1.807, 2.05) is 0 Å².